The molecule has 0 aliphatic carbocycles. The number of ketones is 1. The minimum atomic E-state index is -1.67. The lowest BCUT2D eigenvalue weighted by molar-refractivity contribution is -0.187. The van der Waals surface area contributed by atoms with Gasteiger partial charge in [-0.25, -0.2) is 14.0 Å². The summed E-state index contributed by atoms with van der Waals surface area (Å²) in [7, 11) is 4.40. The van der Waals surface area contributed by atoms with Crippen LogP contribution >= 0.6 is 23.8 Å². The molecule has 3 saturated heterocycles. The summed E-state index contributed by atoms with van der Waals surface area (Å²) in [5.74, 6) is -4.67. The number of methoxy groups -OCH3 is 2. The molecule has 4 aliphatic heterocycles. The number of unbranched alkanes of at least 4 members (excludes halogenated alkanes) is 2. The number of esters is 1. The fourth-order valence-corrected chi connectivity index (χ4v) is 11.8. The molecule has 83 heavy (non-hydrogen) atoms. The number of halogens is 2. The van der Waals surface area contributed by atoms with Crippen molar-refractivity contribution in [2.45, 2.75) is 167 Å². The number of primary amides is 1. The van der Waals surface area contributed by atoms with Gasteiger partial charge in [0.2, 0.25) is 23.6 Å². The van der Waals surface area contributed by atoms with E-state index in [0.29, 0.717) is 48.5 Å². The first-order valence-electron chi connectivity index (χ1n) is 28.3. The van der Waals surface area contributed by atoms with Gasteiger partial charge in [-0.15, -0.1) is 0 Å². The summed E-state index contributed by atoms with van der Waals surface area (Å²) in [5.41, 5.74) is 4.05. The zero-order valence-electron chi connectivity index (χ0n) is 48.8. The molecule has 2 aromatic rings. The van der Waals surface area contributed by atoms with Crippen LogP contribution in [0.15, 0.2) is 54.1 Å². The Kier molecular flexibility index (Phi) is 23.0. The molecule has 0 saturated carbocycles. The standard InChI is InChI=1S/C60H80ClFN6O14S/c1-33(2)40(29-39(83)16-11-10-12-22-68-51(71)24-35(4)56(68)74)55(73)65-43(17-14-21-64-57(63)75)45(69)27-37-19-20-42(41(62)25-37)66-58(76)81-49-30-50(70)67(7)44-26-38(28-46(78-8)53(44)61)23-34(3)15-13-18-48(79-9)60(77)31-47(80-52(72)32-60)36(5)54-59(49,6)82-54/h13,15,18-20,25-26,28,33,35-36,40,43,47-49,54,77H,10-12,14,16-17,21-24,27,29-32H2,1-9H3,(H,65,73)(H,66,76)(H3,63,64,75)/b18-13+,34-15+/t35?,36-,40+,43+,47+,48-,49+,54+,59+,60-/m1/s1. The highest BCUT2D eigenvalue weighted by atomic mass is 35.5. The molecule has 6 rings (SSSR count). The summed E-state index contributed by atoms with van der Waals surface area (Å²) in [6, 6.07) is 5.44. The number of urea groups is 1. The third-order valence-corrected chi connectivity index (χ3v) is 16.9. The number of nitrogens with zero attached hydrogens (tertiary/aromatic N) is 2. The van der Waals surface area contributed by atoms with E-state index in [9.17, 15) is 43.5 Å². The Labute approximate surface area is 495 Å². The number of rotatable bonds is 22. The van der Waals surface area contributed by atoms with Gasteiger partial charge in [0.15, 0.2) is 5.78 Å². The Balaban J connectivity index is 1.16. The van der Waals surface area contributed by atoms with Crippen LogP contribution in [0, 0.1) is 29.5 Å². The molecule has 4 bridgehead atoms. The normalized spacial score (nSPS) is 26.4. The van der Waals surface area contributed by atoms with Crippen molar-refractivity contribution < 1.29 is 71.5 Å². The second-order valence-electron chi connectivity index (χ2n) is 23.0. The van der Waals surface area contributed by atoms with E-state index in [1.54, 1.807) is 45.1 Å². The average Bonchev–Trinajstić information content (AvgIpc) is 2.74. The number of fused-ring (bicyclic) bond motifs is 5. The SMILES string of the molecule is COc1cc2cc(c1Cl)N(C)C(=O)C[C@H](OC(=O)Nc1ccc(CC(=O)[C@H](CCCNC(N)=O)NC(=O)[C@@H](CC(=S)CCCCCN3C(=O)CC(C)C3=O)C(C)C)cc1F)[C@]1(C)O[C@H]1[C@H](C)[C@@H]1C[C@@](O)(CC(=O)O1)[C@H](OC)/C=C/C=C(\C)C2. The second-order valence-corrected chi connectivity index (χ2v) is 23.9. The minimum Gasteiger partial charge on any atom is -0.495 e. The van der Waals surface area contributed by atoms with E-state index in [1.165, 1.54) is 43.2 Å². The van der Waals surface area contributed by atoms with Crippen LogP contribution in [0.1, 0.15) is 123 Å². The maximum Gasteiger partial charge on any atom is 0.412 e. The van der Waals surface area contributed by atoms with Crippen LogP contribution < -0.4 is 31.3 Å². The largest absolute Gasteiger partial charge is 0.495 e. The highest BCUT2D eigenvalue weighted by molar-refractivity contribution is 7.80. The van der Waals surface area contributed by atoms with Gasteiger partial charge in [-0.1, -0.05) is 87.8 Å². The van der Waals surface area contributed by atoms with E-state index in [-0.39, 0.29) is 91.4 Å². The number of aliphatic hydroxyl groups is 1. The van der Waals surface area contributed by atoms with E-state index >= 15 is 4.39 Å². The van der Waals surface area contributed by atoms with Gasteiger partial charge in [0.1, 0.15) is 46.1 Å². The van der Waals surface area contributed by atoms with E-state index in [4.69, 9.17) is 53.2 Å². The smallest absolute Gasteiger partial charge is 0.412 e. The molecule has 10 atom stereocenters. The van der Waals surface area contributed by atoms with Crippen LogP contribution in [0.3, 0.4) is 0 Å². The predicted octanol–water partition coefficient (Wildman–Crippen LogP) is 7.79. The van der Waals surface area contributed by atoms with Crippen molar-refractivity contribution >= 4 is 87.6 Å². The number of hydrogen-bond donors (Lipinski definition) is 5. The molecule has 0 aromatic heterocycles. The molecule has 0 spiro atoms. The Morgan fingerprint density at radius 2 is 1.76 bits per heavy atom. The molecule has 4 aliphatic rings. The molecule has 0 radical (unpaired) electrons. The lowest BCUT2D eigenvalue weighted by atomic mass is 9.78. The summed E-state index contributed by atoms with van der Waals surface area (Å²) < 4.78 is 45.5. The Morgan fingerprint density at radius 3 is 2.41 bits per heavy atom. The van der Waals surface area contributed by atoms with Crippen LogP contribution in [0.25, 0.3) is 0 Å². The quantitative estimate of drug-likeness (QED) is 0.0247. The maximum atomic E-state index is 16.1. The fourth-order valence-electron chi connectivity index (χ4n) is 11.2. The van der Waals surface area contributed by atoms with Crippen LogP contribution in [0.5, 0.6) is 5.75 Å². The number of epoxide rings is 1. The number of allylic oxidation sites excluding steroid dienone is 3. The summed E-state index contributed by atoms with van der Waals surface area (Å²) in [6.45, 7) is 11.3. The van der Waals surface area contributed by atoms with E-state index in [1.807, 2.05) is 26.8 Å². The first-order chi connectivity index (χ1) is 39.2. The third-order valence-electron chi connectivity index (χ3n) is 16.2. The Hall–Kier alpha value is -6.33. The van der Waals surface area contributed by atoms with Gasteiger partial charge >= 0.3 is 18.1 Å². The predicted molar refractivity (Wildman–Crippen MR) is 312 cm³/mol. The lowest BCUT2D eigenvalue weighted by Crippen LogP contribution is -2.53. The Bertz CT molecular complexity index is 2850. The van der Waals surface area contributed by atoms with Crippen molar-refractivity contribution in [3.05, 3.63) is 76.1 Å². The molecule has 20 nitrogen and oxygen atoms in total. The zero-order chi connectivity index (χ0) is 61.1. The van der Waals surface area contributed by atoms with Gasteiger partial charge in [-0.3, -0.25) is 39.0 Å². The summed E-state index contributed by atoms with van der Waals surface area (Å²) in [6.07, 6.45) is 2.92. The fraction of sp³-hybridized carbons (Fsp3) is 0.583. The van der Waals surface area contributed by atoms with E-state index in [2.05, 4.69) is 16.0 Å². The highest BCUT2D eigenvalue weighted by Crippen LogP contribution is 2.50. The van der Waals surface area contributed by atoms with Crippen LogP contribution in [-0.4, -0.2) is 138 Å². The van der Waals surface area contributed by atoms with E-state index < -0.39 is 101 Å². The number of hydrogen-bond acceptors (Lipinski definition) is 15. The number of likely N-dealkylation sites (tertiary alicyclic amines) is 1. The molecule has 1 unspecified atom stereocenters. The molecule has 6 N–H and O–H groups in total. The summed E-state index contributed by atoms with van der Waals surface area (Å²) >= 11 is 12.5. The number of imide groups is 1. The van der Waals surface area contributed by atoms with Gasteiger partial charge in [-0.05, 0) is 105 Å². The van der Waals surface area contributed by atoms with Crippen molar-refractivity contribution in [1.82, 2.24) is 15.5 Å². The molecular formula is C60H80ClFN6O14S. The number of amides is 7. The van der Waals surface area contributed by atoms with Crippen molar-refractivity contribution in [2.75, 3.05) is 44.6 Å². The zero-order valence-corrected chi connectivity index (χ0v) is 50.4. The Morgan fingerprint density at radius 1 is 1.02 bits per heavy atom. The highest BCUT2D eigenvalue weighted by Gasteiger charge is 2.64. The van der Waals surface area contributed by atoms with Gasteiger partial charge < -0.3 is 50.1 Å². The molecule has 23 heteroatoms. The molecular weight excluding hydrogens is 1120 g/mol. The molecule has 3 fully saturated rings. The van der Waals surface area contributed by atoms with Crippen molar-refractivity contribution in [3.63, 3.8) is 0 Å². The van der Waals surface area contributed by atoms with Gasteiger partial charge in [0.25, 0.3) is 0 Å². The molecule has 4 heterocycles. The number of Topliss-reactive ketones (excluding diaryl/α,β-unsaturated/α-hetero) is 1. The first kappa shape index (κ1) is 65.8. The van der Waals surface area contributed by atoms with Gasteiger partial charge in [0, 0.05) is 64.3 Å². The number of nitrogens with one attached hydrogen (secondary N) is 3. The topological polar surface area (TPSA) is 275 Å². The van der Waals surface area contributed by atoms with Gasteiger partial charge in [-0.2, -0.15) is 0 Å². The number of nitrogens with two attached hydrogens (primary N) is 1. The molecule has 7 amide bonds. The number of carbonyl (C=O) groups excluding carboxylic acids is 8. The number of anilines is 2. The summed E-state index contributed by atoms with van der Waals surface area (Å²) in [5, 5.41) is 19.9. The first-order valence-corrected chi connectivity index (χ1v) is 29.0. The van der Waals surface area contributed by atoms with Crippen LogP contribution in [0.2, 0.25) is 5.02 Å². The monoisotopic (exact) mass is 1190 g/mol. The minimum absolute atomic E-state index is 0.0309. The average molecular weight is 1200 g/mol. The second kappa shape index (κ2) is 29.0. The number of thiocarbonyl (C=S) groups is 1. The maximum absolute atomic E-state index is 16.1. The number of carbonyl (C=O) groups is 8. The van der Waals surface area contributed by atoms with Crippen molar-refractivity contribution in [2.24, 2.45) is 29.4 Å². The molecule has 2 aromatic carbocycles. The van der Waals surface area contributed by atoms with Crippen LogP contribution in [-0.2, 0) is 60.6 Å². The third kappa shape index (κ3) is 17.2. The van der Waals surface area contributed by atoms with Gasteiger partial charge in [0.05, 0.1) is 43.5 Å². The lowest BCUT2D eigenvalue weighted by Gasteiger charge is -2.41. The summed E-state index contributed by atoms with van der Waals surface area (Å²) in [4.78, 5) is 109. The number of benzene rings is 2. The van der Waals surface area contributed by atoms with Crippen molar-refractivity contribution in [3.8, 4) is 5.75 Å². The molecule has 454 valence electrons. The van der Waals surface area contributed by atoms with E-state index in [0.717, 1.165) is 23.6 Å². The van der Waals surface area contributed by atoms with Crippen molar-refractivity contribution in [1.29, 1.82) is 0 Å². The number of ether oxygens (including phenoxy) is 5. The van der Waals surface area contributed by atoms with Crippen LogP contribution in [0.4, 0.5) is 25.4 Å².